The van der Waals surface area contributed by atoms with Crippen molar-refractivity contribution in [1.29, 1.82) is 0 Å². The van der Waals surface area contributed by atoms with Gasteiger partial charge in [0, 0.05) is 25.3 Å². The largest absolute Gasteiger partial charge is 0.381 e. The second kappa shape index (κ2) is 7.78. The molecule has 140 valence electrons. The van der Waals surface area contributed by atoms with E-state index in [1.54, 1.807) is 12.1 Å². The van der Waals surface area contributed by atoms with E-state index in [9.17, 15) is 8.42 Å². The van der Waals surface area contributed by atoms with Crippen LogP contribution < -0.4 is 5.32 Å². The van der Waals surface area contributed by atoms with E-state index in [0.29, 0.717) is 24.5 Å². The number of sulfonamides is 1. The minimum absolute atomic E-state index is 0.0937. The third-order valence-corrected chi connectivity index (χ3v) is 6.30. The molecule has 3 rings (SSSR count). The molecule has 6 heteroatoms. The molecule has 0 aliphatic carbocycles. The van der Waals surface area contributed by atoms with E-state index in [1.807, 2.05) is 32.0 Å². The molecule has 0 saturated carbocycles. The van der Waals surface area contributed by atoms with Gasteiger partial charge in [-0.05, 0) is 50.6 Å². The lowest BCUT2D eigenvalue weighted by Gasteiger charge is -2.34. The average molecular weight is 375 g/mol. The fourth-order valence-corrected chi connectivity index (χ4v) is 4.84. The minimum atomic E-state index is -3.49. The third kappa shape index (κ3) is 4.44. The molecule has 1 fully saturated rings. The lowest BCUT2D eigenvalue weighted by Crippen LogP contribution is -2.48. The Morgan fingerprint density at radius 3 is 2.35 bits per heavy atom. The van der Waals surface area contributed by atoms with Gasteiger partial charge >= 0.3 is 0 Å². The van der Waals surface area contributed by atoms with E-state index in [0.717, 1.165) is 5.69 Å². The fraction of sp³-hybridized carbons (Fsp3) is 0.400. The topological polar surface area (TPSA) is 58.6 Å². The van der Waals surface area contributed by atoms with E-state index in [1.165, 1.54) is 15.4 Å². The Kier molecular flexibility index (Phi) is 5.65. The van der Waals surface area contributed by atoms with Gasteiger partial charge in [0.2, 0.25) is 10.0 Å². The molecule has 1 N–H and O–H groups in total. The minimum Gasteiger partial charge on any atom is -0.381 e. The molecule has 1 heterocycles. The molecule has 1 saturated heterocycles. The molecule has 0 amide bonds. The lowest BCUT2D eigenvalue weighted by molar-refractivity contribution is -0.0440. The van der Waals surface area contributed by atoms with E-state index in [4.69, 9.17) is 4.74 Å². The van der Waals surface area contributed by atoms with Crippen LogP contribution in [0.1, 0.15) is 25.0 Å². The van der Waals surface area contributed by atoms with Gasteiger partial charge in [0.15, 0.2) is 0 Å². The van der Waals surface area contributed by atoms with E-state index < -0.39 is 10.0 Å². The summed E-state index contributed by atoms with van der Waals surface area (Å²) < 4.78 is 32.9. The number of benzene rings is 2. The predicted octanol–water partition coefficient (Wildman–Crippen LogP) is 3.41. The van der Waals surface area contributed by atoms with Gasteiger partial charge in [-0.15, -0.1) is 0 Å². The maximum Gasteiger partial charge on any atom is 0.243 e. The first-order valence-electron chi connectivity index (χ1n) is 8.89. The normalized spacial score (nSPS) is 21.5. The molecular weight excluding hydrogens is 348 g/mol. The Morgan fingerprint density at radius 2 is 1.73 bits per heavy atom. The molecular formula is C20H26N2O3S. The first-order valence-corrected chi connectivity index (χ1v) is 10.3. The second-order valence-corrected chi connectivity index (χ2v) is 8.88. The van der Waals surface area contributed by atoms with Gasteiger partial charge in [-0.2, -0.15) is 4.31 Å². The van der Waals surface area contributed by atoms with Crippen LogP contribution in [-0.4, -0.2) is 38.0 Å². The van der Waals surface area contributed by atoms with Gasteiger partial charge in [-0.25, -0.2) is 8.42 Å². The van der Waals surface area contributed by atoms with E-state index >= 15 is 0 Å². The highest BCUT2D eigenvalue weighted by Gasteiger charge is 2.32. The van der Waals surface area contributed by atoms with Crippen LogP contribution in [0.2, 0.25) is 0 Å². The number of rotatable bonds is 5. The number of morpholine rings is 1. The van der Waals surface area contributed by atoms with Crippen molar-refractivity contribution < 1.29 is 13.2 Å². The predicted molar refractivity (Wildman–Crippen MR) is 104 cm³/mol. The van der Waals surface area contributed by atoms with Crippen LogP contribution in [0.3, 0.4) is 0 Å². The Bertz CT molecular complexity index is 840. The van der Waals surface area contributed by atoms with Crippen molar-refractivity contribution in [2.75, 3.05) is 18.4 Å². The van der Waals surface area contributed by atoms with Gasteiger partial charge in [0.1, 0.15) is 0 Å². The number of aryl methyl sites for hydroxylation is 1. The Morgan fingerprint density at radius 1 is 1.08 bits per heavy atom. The molecule has 1 aliphatic rings. The molecule has 26 heavy (non-hydrogen) atoms. The molecule has 0 aromatic heterocycles. The van der Waals surface area contributed by atoms with Crippen LogP contribution in [0.15, 0.2) is 53.4 Å². The van der Waals surface area contributed by atoms with Crippen LogP contribution in [0.25, 0.3) is 0 Å². The first-order chi connectivity index (χ1) is 12.3. The standard InChI is InChI=1S/C20H26N2O3S/c1-15-5-4-6-18(11-15)12-21-19-7-9-20(10-8-19)26(23,24)22-13-16(2)25-17(3)14-22/h4-11,16-17,21H,12-14H2,1-3H3. The fourth-order valence-electron chi connectivity index (χ4n) is 3.25. The summed E-state index contributed by atoms with van der Waals surface area (Å²) in [4.78, 5) is 0.319. The number of ether oxygens (including phenoxy) is 1. The van der Waals surface area contributed by atoms with Gasteiger partial charge in [0.05, 0.1) is 17.1 Å². The molecule has 2 unspecified atom stereocenters. The summed E-state index contributed by atoms with van der Waals surface area (Å²) >= 11 is 0. The summed E-state index contributed by atoms with van der Waals surface area (Å²) in [5.74, 6) is 0. The van der Waals surface area contributed by atoms with Crippen molar-refractivity contribution in [2.24, 2.45) is 0 Å². The number of hydrogen-bond acceptors (Lipinski definition) is 4. The molecule has 5 nitrogen and oxygen atoms in total. The Balaban J connectivity index is 1.68. The first kappa shape index (κ1) is 18.9. The lowest BCUT2D eigenvalue weighted by atomic mass is 10.1. The summed E-state index contributed by atoms with van der Waals surface area (Å²) in [5, 5.41) is 3.33. The van der Waals surface area contributed by atoms with Gasteiger partial charge in [0.25, 0.3) is 0 Å². The third-order valence-electron chi connectivity index (χ3n) is 4.46. The van der Waals surface area contributed by atoms with E-state index in [2.05, 4.69) is 30.4 Å². The van der Waals surface area contributed by atoms with Gasteiger partial charge < -0.3 is 10.1 Å². The van der Waals surface area contributed by atoms with Crippen molar-refractivity contribution in [2.45, 2.75) is 44.4 Å². The van der Waals surface area contributed by atoms with Crippen molar-refractivity contribution in [3.63, 3.8) is 0 Å². The molecule has 0 bridgehead atoms. The van der Waals surface area contributed by atoms with Crippen molar-refractivity contribution in [3.8, 4) is 0 Å². The smallest absolute Gasteiger partial charge is 0.243 e. The number of anilines is 1. The van der Waals surface area contributed by atoms with Crippen LogP contribution in [0.5, 0.6) is 0 Å². The van der Waals surface area contributed by atoms with Crippen molar-refractivity contribution >= 4 is 15.7 Å². The van der Waals surface area contributed by atoms with Gasteiger partial charge in [-0.3, -0.25) is 0 Å². The number of nitrogens with zero attached hydrogens (tertiary/aromatic N) is 1. The number of nitrogens with one attached hydrogen (secondary N) is 1. The monoisotopic (exact) mass is 374 g/mol. The zero-order valence-electron chi connectivity index (χ0n) is 15.5. The average Bonchev–Trinajstić information content (AvgIpc) is 2.59. The van der Waals surface area contributed by atoms with Crippen LogP contribution >= 0.6 is 0 Å². The highest BCUT2D eigenvalue weighted by molar-refractivity contribution is 7.89. The second-order valence-electron chi connectivity index (χ2n) is 6.95. The molecule has 2 atom stereocenters. The Hall–Kier alpha value is -1.89. The molecule has 2 aromatic carbocycles. The summed E-state index contributed by atoms with van der Waals surface area (Å²) in [5.41, 5.74) is 3.31. The highest BCUT2D eigenvalue weighted by Crippen LogP contribution is 2.22. The van der Waals surface area contributed by atoms with E-state index in [-0.39, 0.29) is 12.2 Å². The molecule has 1 aliphatic heterocycles. The molecule has 2 aromatic rings. The summed E-state index contributed by atoms with van der Waals surface area (Å²) in [6.07, 6.45) is -0.187. The van der Waals surface area contributed by atoms with Crippen LogP contribution in [0, 0.1) is 6.92 Å². The summed E-state index contributed by atoms with van der Waals surface area (Å²) in [6.45, 7) is 7.34. The van der Waals surface area contributed by atoms with Crippen LogP contribution in [0.4, 0.5) is 5.69 Å². The SMILES string of the molecule is Cc1cccc(CNc2ccc(S(=O)(=O)N3CC(C)OC(C)C3)cc2)c1. The molecule has 0 radical (unpaired) electrons. The summed E-state index contributed by atoms with van der Waals surface area (Å²) in [7, 11) is -3.49. The maximum absolute atomic E-state index is 12.9. The van der Waals surface area contributed by atoms with Crippen molar-refractivity contribution in [1.82, 2.24) is 4.31 Å². The zero-order valence-corrected chi connectivity index (χ0v) is 16.3. The maximum atomic E-state index is 12.9. The number of hydrogen-bond donors (Lipinski definition) is 1. The molecule has 0 spiro atoms. The van der Waals surface area contributed by atoms with Gasteiger partial charge in [-0.1, -0.05) is 29.8 Å². The highest BCUT2D eigenvalue weighted by atomic mass is 32.2. The summed E-state index contributed by atoms with van der Waals surface area (Å²) in [6, 6.07) is 15.3. The Labute approximate surface area is 156 Å². The quantitative estimate of drug-likeness (QED) is 0.871. The zero-order chi connectivity index (χ0) is 18.7. The van der Waals surface area contributed by atoms with Crippen LogP contribution in [-0.2, 0) is 21.3 Å². The van der Waals surface area contributed by atoms with Crippen molar-refractivity contribution in [3.05, 3.63) is 59.7 Å².